The number of Topliss-reactive ketones (excluding diaryl/α,β-unsaturated/α-hetero) is 1. The first kappa shape index (κ1) is 94.5. The van der Waals surface area contributed by atoms with Crippen LogP contribution in [0.3, 0.4) is 0 Å². The molecule has 0 saturated carbocycles. The number of nitrogens with two attached hydrogens (primary N) is 4. The molecule has 0 aliphatic heterocycles. The van der Waals surface area contributed by atoms with E-state index >= 15 is 0 Å². The van der Waals surface area contributed by atoms with Crippen molar-refractivity contribution in [2.45, 2.75) is 80.1 Å². The zero-order valence-corrected chi connectivity index (χ0v) is 68.4. The molecule has 14 N–H and O–H groups in total. The predicted molar refractivity (Wildman–Crippen MR) is 339 cm³/mol. The first-order chi connectivity index (χ1) is 37.8. The molecule has 22 nitrogen and oxygen atoms in total. The standard InChI is InChI=1S/2C17H17ClN4O3S.C16H14ClN3O3S.CH5NO.3CH4.ClH.6W/c2*1-25-22-11-6-7-12-13(8-11)26-16(14(12)15(19)23)21-17(24)20-10-4-2-9(18)3-5-10;17-8-1-3-9(4-2-8)19-16(23)20-15-13(14(18)22)11-6-5-10(21)7-12(11)24-15;1-3-2;;;;;;;;;;/h2*2-5H,6-8H2,1H3,(H2,19,23)(H2,20,21,24);1-4H,5-7H2,(H2,18,22)(H2,19,20,23);2H2,1H3;3*1H4;1H;;;;;;. The predicted octanol–water partition coefficient (Wildman–Crippen LogP) is 12.3. The number of carbonyl (C=O) groups is 7. The van der Waals surface area contributed by atoms with Gasteiger partial charge >= 0.3 is 18.1 Å². The monoisotopic (exact) mass is 2380 g/mol. The van der Waals surface area contributed by atoms with Crippen molar-refractivity contribution in [2.75, 3.05) is 53.2 Å². The maximum Gasteiger partial charge on any atom is 0.324 e. The van der Waals surface area contributed by atoms with Gasteiger partial charge in [0, 0.05) is 199 Å². The summed E-state index contributed by atoms with van der Waals surface area (Å²) in [4.78, 5) is 100. The van der Waals surface area contributed by atoms with Crippen LogP contribution in [0.15, 0.2) is 83.1 Å². The molecule has 0 unspecified atom stereocenters. The second-order valence-corrected chi connectivity index (χ2v) is 21.6. The summed E-state index contributed by atoms with van der Waals surface area (Å²) in [5, 5.41) is 27.1. The summed E-state index contributed by atoms with van der Waals surface area (Å²) in [6.07, 6.45) is 4.94. The molecule has 3 aromatic heterocycles. The average molecular weight is 2380 g/mol. The van der Waals surface area contributed by atoms with Crippen LogP contribution in [0.1, 0.15) is 104 Å². The summed E-state index contributed by atoms with van der Waals surface area (Å²) in [5.41, 5.74) is 23.6. The summed E-state index contributed by atoms with van der Waals surface area (Å²) >= 11 is 21.3. The van der Waals surface area contributed by atoms with Crippen molar-refractivity contribution in [3.8, 4) is 0 Å². The van der Waals surface area contributed by atoms with E-state index < -0.39 is 35.8 Å². The van der Waals surface area contributed by atoms with Crippen molar-refractivity contribution >= 4 is 166 Å². The fraction of sp³-hybridized carbons (Fsp3) is 0.278. The Morgan fingerprint density at radius 1 is 0.438 bits per heavy atom. The molecule has 3 aliphatic rings. The van der Waals surface area contributed by atoms with Crippen LogP contribution >= 0.6 is 81.2 Å². The number of benzene rings is 3. The van der Waals surface area contributed by atoms with Gasteiger partial charge in [0.05, 0.1) is 35.2 Å². The molecular weight excluding hydrogens is 2320 g/mol. The number of fused-ring (bicyclic) bond motifs is 3. The molecule has 0 atom stereocenters. The zero-order chi connectivity index (χ0) is 57.3. The Balaban J connectivity index is -0.000000367. The number of rotatable bonds is 11. The number of nitrogens with zero attached hydrogens (tertiary/aromatic N) is 2. The van der Waals surface area contributed by atoms with Gasteiger partial charge in [-0.05, 0) is 122 Å². The van der Waals surface area contributed by atoms with E-state index in [9.17, 15) is 33.6 Å². The summed E-state index contributed by atoms with van der Waals surface area (Å²) < 4.78 is 0. The van der Waals surface area contributed by atoms with Crippen LogP contribution in [0, 0.1) is 0 Å². The van der Waals surface area contributed by atoms with Gasteiger partial charge in [0.25, 0.3) is 17.7 Å². The molecule has 35 heteroatoms. The van der Waals surface area contributed by atoms with E-state index in [-0.39, 0.29) is 173 Å². The maximum atomic E-state index is 12.3. The molecule has 0 saturated heterocycles. The van der Waals surface area contributed by atoms with E-state index in [0.29, 0.717) is 115 Å². The van der Waals surface area contributed by atoms with Gasteiger partial charge in [0.2, 0.25) is 0 Å². The van der Waals surface area contributed by atoms with E-state index in [1.165, 1.54) is 55.3 Å². The largest absolute Gasteiger partial charge is 0.399 e. The number of halogens is 4. The zero-order valence-electron chi connectivity index (χ0n) is 45.3. The van der Waals surface area contributed by atoms with Gasteiger partial charge in [-0.25, -0.2) is 20.3 Å². The molecule has 9 amide bonds. The molecule has 3 aromatic carbocycles. The number of urea groups is 3. The van der Waals surface area contributed by atoms with Crippen LogP contribution < -0.4 is 55.0 Å². The molecular formula is C54H66Cl4N12O10S3W6. The smallest absolute Gasteiger partial charge is 0.324 e. The minimum absolute atomic E-state index is 0. The van der Waals surface area contributed by atoms with E-state index in [2.05, 4.69) is 52.9 Å². The third kappa shape index (κ3) is 28.1. The number of thiophene rings is 3. The number of primary amides is 3. The van der Waals surface area contributed by atoms with Crippen LogP contribution in [0.5, 0.6) is 0 Å². The normalized spacial score (nSPS) is 12.3. The van der Waals surface area contributed by atoms with Gasteiger partial charge in [0.15, 0.2) is 0 Å². The number of oxime groups is 2. The molecule has 89 heavy (non-hydrogen) atoms. The van der Waals surface area contributed by atoms with E-state index in [4.69, 9.17) is 61.7 Å². The molecule has 6 aromatic rings. The Bertz CT molecular complexity index is 3180. The van der Waals surface area contributed by atoms with Crippen molar-refractivity contribution in [1.82, 2.24) is 0 Å². The Kier molecular flexibility index (Phi) is 49.7. The van der Waals surface area contributed by atoms with Crippen molar-refractivity contribution in [2.24, 2.45) is 33.4 Å². The quantitative estimate of drug-likeness (QED) is 0.0543. The third-order valence-electron chi connectivity index (χ3n) is 11.5. The van der Waals surface area contributed by atoms with Crippen molar-refractivity contribution in [1.29, 1.82) is 0 Å². The van der Waals surface area contributed by atoms with Gasteiger partial charge in [0.1, 0.15) is 35.0 Å². The molecule has 484 valence electrons. The second-order valence-electron chi connectivity index (χ2n) is 17.0. The fourth-order valence-electron chi connectivity index (χ4n) is 8.23. The first-order valence-electron chi connectivity index (χ1n) is 23.6. The van der Waals surface area contributed by atoms with Gasteiger partial charge in [-0.3, -0.25) is 35.1 Å². The number of carbonyl (C=O) groups excluding carboxylic acids is 7. The van der Waals surface area contributed by atoms with Gasteiger partial charge in [-0.1, -0.05) is 67.4 Å². The Labute approximate surface area is 636 Å². The van der Waals surface area contributed by atoms with E-state index in [1.54, 1.807) is 72.8 Å². The van der Waals surface area contributed by atoms with E-state index in [1.807, 2.05) is 0 Å². The van der Waals surface area contributed by atoms with Gasteiger partial charge in [-0.15, -0.1) is 46.4 Å². The number of hydrogen-bond donors (Lipinski definition) is 10. The SMILES string of the molecule is C.C.C.CON.CON=C1CCc2c(sc(NC(=O)Nc3ccc(Cl)cc3)c2C(N)=O)C1.CON=C1CCc2c(sc(NC(=O)Nc3ccc(Cl)cc3)c2C(N)=O)C1.Cl.NC(=O)c1c(NC(=O)Nc2ccc(Cl)cc2)sc2c1CCC(=O)C2.[W].[W].[W].[W].[W].[W]. The topological polar surface area (TPSA) is 348 Å². The Morgan fingerprint density at radius 3 is 0.933 bits per heavy atom. The number of nitrogens with one attached hydrogen (secondary N) is 6. The number of anilines is 6. The first-order valence-corrected chi connectivity index (χ1v) is 27.1. The molecule has 3 heterocycles. The molecule has 0 radical (unpaired) electrons. The van der Waals surface area contributed by atoms with Crippen LogP contribution in [0.4, 0.5) is 46.4 Å². The minimum atomic E-state index is -0.608. The molecule has 3 aliphatic carbocycles. The second kappa shape index (κ2) is 46.8. The Morgan fingerprint density at radius 2 is 0.685 bits per heavy atom. The van der Waals surface area contributed by atoms with Crippen LogP contribution in [0.25, 0.3) is 0 Å². The van der Waals surface area contributed by atoms with Gasteiger partial charge < -0.3 is 47.7 Å². The van der Waals surface area contributed by atoms with Crippen molar-refractivity contribution in [3.63, 3.8) is 0 Å². The number of hydrogen-bond acceptors (Lipinski definition) is 16. The summed E-state index contributed by atoms with van der Waals surface area (Å²) in [6.45, 7) is 0. The molecule has 0 fully saturated rings. The number of ketones is 1. The van der Waals surface area contributed by atoms with Crippen LogP contribution in [-0.4, -0.2) is 74.4 Å². The summed E-state index contributed by atoms with van der Waals surface area (Å²) in [7, 11) is 4.40. The fourth-order valence-corrected chi connectivity index (χ4v) is 12.5. The summed E-state index contributed by atoms with van der Waals surface area (Å²) in [6, 6.07) is 18.6. The maximum absolute atomic E-state index is 12.3. The van der Waals surface area contributed by atoms with Crippen molar-refractivity contribution < 1.29 is 174 Å². The summed E-state index contributed by atoms with van der Waals surface area (Å²) in [5.74, 6) is 2.74. The molecule has 0 spiro atoms. The van der Waals surface area contributed by atoms with E-state index in [0.717, 1.165) is 42.7 Å². The van der Waals surface area contributed by atoms with Crippen LogP contribution in [-0.2, 0) is 184 Å². The van der Waals surface area contributed by atoms with Gasteiger partial charge in [-0.2, -0.15) is 0 Å². The minimum Gasteiger partial charge on any atom is -0.399 e. The molecule has 9 rings (SSSR count). The average Bonchev–Trinajstić information content (AvgIpc) is 4.25. The van der Waals surface area contributed by atoms with Crippen molar-refractivity contribution in [3.05, 3.63) is 136 Å². The third-order valence-corrected chi connectivity index (χ3v) is 15.7. The molecule has 0 bridgehead atoms. The number of amides is 9. The van der Waals surface area contributed by atoms with Crippen LogP contribution in [0.2, 0.25) is 15.1 Å². The Hall–Kier alpha value is -3.20.